The van der Waals surface area contributed by atoms with E-state index >= 15 is 0 Å². The standard InChI is InChI=1S/C23H25N7O2/c1-4-24-22(31)14-7-8-15(19(11-14)32-3)21-27-23(30(2)29-21)26-18-10-9-17-16(12-25-28-17)20(18)13-5-6-13/h7-13H,4-6H2,1-3H3,(H,24,31)(H,25,28)(H,26,27,29). The number of methoxy groups -OCH3 is 1. The largest absolute Gasteiger partial charge is 0.496 e. The highest BCUT2D eigenvalue weighted by Crippen LogP contribution is 2.47. The first kappa shape index (κ1) is 20.0. The molecule has 0 atom stereocenters. The number of aromatic nitrogens is 5. The smallest absolute Gasteiger partial charge is 0.251 e. The number of H-pyrrole nitrogens is 1. The number of anilines is 2. The average Bonchev–Trinajstić information content (AvgIpc) is 3.41. The predicted molar refractivity (Wildman–Crippen MR) is 122 cm³/mol. The molecule has 164 valence electrons. The van der Waals surface area contributed by atoms with Crippen molar-refractivity contribution in [1.29, 1.82) is 0 Å². The normalized spacial score (nSPS) is 13.3. The van der Waals surface area contributed by atoms with Crippen LogP contribution in [0, 0.1) is 0 Å². The molecule has 0 saturated heterocycles. The van der Waals surface area contributed by atoms with E-state index in [0.717, 1.165) is 22.2 Å². The average molecular weight is 432 g/mol. The Morgan fingerprint density at radius 3 is 2.88 bits per heavy atom. The number of rotatable bonds is 7. The first-order valence-electron chi connectivity index (χ1n) is 10.7. The van der Waals surface area contributed by atoms with E-state index in [2.05, 4.69) is 32.0 Å². The maximum Gasteiger partial charge on any atom is 0.251 e. The maximum atomic E-state index is 12.2. The van der Waals surface area contributed by atoms with Crippen molar-refractivity contribution in [2.24, 2.45) is 7.05 Å². The Morgan fingerprint density at radius 1 is 1.28 bits per heavy atom. The number of hydrogen-bond acceptors (Lipinski definition) is 6. The molecule has 2 aromatic heterocycles. The summed E-state index contributed by atoms with van der Waals surface area (Å²) in [6.07, 6.45) is 4.24. The minimum atomic E-state index is -0.143. The number of amides is 1. The van der Waals surface area contributed by atoms with Crippen molar-refractivity contribution in [1.82, 2.24) is 30.3 Å². The number of ether oxygens (including phenoxy) is 1. The molecule has 9 nitrogen and oxygen atoms in total. The molecule has 9 heteroatoms. The Hall–Kier alpha value is -3.88. The molecule has 4 aromatic rings. The summed E-state index contributed by atoms with van der Waals surface area (Å²) in [5.41, 5.74) is 4.57. The molecule has 0 spiro atoms. The molecular formula is C23H25N7O2. The van der Waals surface area contributed by atoms with Crippen molar-refractivity contribution >= 4 is 28.4 Å². The highest BCUT2D eigenvalue weighted by Gasteiger charge is 2.29. The highest BCUT2D eigenvalue weighted by molar-refractivity contribution is 5.95. The highest BCUT2D eigenvalue weighted by atomic mass is 16.5. The molecule has 3 N–H and O–H groups in total. The van der Waals surface area contributed by atoms with Crippen LogP contribution in [0.25, 0.3) is 22.3 Å². The number of carbonyl (C=O) groups is 1. The summed E-state index contributed by atoms with van der Waals surface area (Å²) in [5, 5.41) is 19.2. The molecular weight excluding hydrogens is 406 g/mol. The summed E-state index contributed by atoms with van der Waals surface area (Å²) in [6.45, 7) is 2.45. The van der Waals surface area contributed by atoms with Gasteiger partial charge in [0.25, 0.3) is 5.91 Å². The van der Waals surface area contributed by atoms with Crippen LogP contribution in [0.15, 0.2) is 36.5 Å². The zero-order valence-electron chi connectivity index (χ0n) is 18.3. The second-order valence-electron chi connectivity index (χ2n) is 7.91. The fraction of sp³-hybridized carbons (Fsp3) is 0.304. The van der Waals surface area contributed by atoms with Crippen LogP contribution in [0.2, 0.25) is 0 Å². The van der Waals surface area contributed by atoms with Gasteiger partial charge >= 0.3 is 0 Å². The first-order chi connectivity index (χ1) is 15.6. The summed E-state index contributed by atoms with van der Waals surface area (Å²) in [4.78, 5) is 16.9. The second-order valence-corrected chi connectivity index (χ2v) is 7.91. The third kappa shape index (κ3) is 3.55. The molecule has 1 aliphatic carbocycles. The van der Waals surface area contributed by atoms with Gasteiger partial charge in [-0.2, -0.15) is 10.1 Å². The zero-order chi connectivity index (χ0) is 22.2. The van der Waals surface area contributed by atoms with Crippen LogP contribution in [0.1, 0.15) is 41.6 Å². The molecule has 0 aliphatic heterocycles. The molecule has 1 saturated carbocycles. The van der Waals surface area contributed by atoms with E-state index in [-0.39, 0.29) is 5.91 Å². The van der Waals surface area contributed by atoms with E-state index in [1.54, 1.807) is 23.9 Å². The number of benzene rings is 2. The lowest BCUT2D eigenvalue weighted by Gasteiger charge is -2.11. The van der Waals surface area contributed by atoms with E-state index in [4.69, 9.17) is 9.72 Å². The summed E-state index contributed by atoms with van der Waals surface area (Å²) < 4.78 is 7.25. The molecule has 32 heavy (non-hydrogen) atoms. The predicted octanol–water partition coefficient (Wildman–Crippen LogP) is 3.74. The van der Waals surface area contributed by atoms with Gasteiger partial charge in [-0.25, -0.2) is 4.68 Å². The van der Waals surface area contributed by atoms with Gasteiger partial charge in [0.2, 0.25) is 5.95 Å². The van der Waals surface area contributed by atoms with Crippen molar-refractivity contribution in [3.8, 4) is 17.1 Å². The SMILES string of the molecule is CCNC(=O)c1ccc(-c2nc(Nc3ccc4[nH]ncc4c3C3CC3)n(C)n2)c(OC)c1. The summed E-state index contributed by atoms with van der Waals surface area (Å²) in [7, 11) is 3.42. The van der Waals surface area contributed by atoms with Gasteiger partial charge in [-0.3, -0.25) is 9.89 Å². The number of aryl methyl sites for hydroxylation is 1. The Bertz CT molecular complexity index is 1300. The van der Waals surface area contributed by atoms with Gasteiger partial charge in [0.05, 0.1) is 24.4 Å². The first-order valence-corrected chi connectivity index (χ1v) is 10.7. The number of aromatic amines is 1. The van der Waals surface area contributed by atoms with Crippen LogP contribution in [0.5, 0.6) is 5.75 Å². The van der Waals surface area contributed by atoms with Crippen LogP contribution < -0.4 is 15.4 Å². The molecule has 5 rings (SSSR count). The van der Waals surface area contributed by atoms with Gasteiger partial charge in [0.1, 0.15) is 5.75 Å². The number of nitrogens with zero attached hydrogens (tertiary/aromatic N) is 4. The van der Waals surface area contributed by atoms with Crippen LogP contribution in [-0.4, -0.2) is 44.5 Å². The number of carbonyl (C=O) groups excluding carboxylic acids is 1. The van der Waals surface area contributed by atoms with Crippen molar-refractivity contribution in [3.63, 3.8) is 0 Å². The Kier molecular flexibility index (Phi) is 5.01. The van der Waals surface area contributed by atoms with Gasteiger partial charge in [-0.05, 0) is 61.6 Å². The zero-order valence-corrected chi connectivity index (χ0v) is 18.3. The quantitative estimate of drug-likeness (QED) is 0.411. The van der Waals surface area contributed by atoms with E-state index in [9.17, 15) is 4.79 Å². The van der Waals surface area contributed by atoms with E-state index in [0.29, 0.717) is 35.5 Å². The third-order valence-corrected chi connectivity index (χ3v) is 5.70. The molecule has 0 unspecified atom stereocenters. The molecule has 2 heterocycles. The van der Waals surface area contributed by atoms with Gasteiger partial charge < -0.3 is 15.4 Å². The molecule has 2 aromatic carbocycles. The van der Waals surface area contributed by atoms with Crippen LogP contribution >= 0.6 is 0 Å². The summed E-state index contributed by atoms with van der Waals surface area (Å²) in [5.74, 6) is 2.08. The van der Waals surface area contributed by atoms with E-state index < -0.39 is 0 Å². The molecule has 0 bridgehead atoms. The lowest BCUT2D eigenvalue weighted by Crippen LogP contribution is -2.22. The monoisotopic (exact) mass is 431 g/mol. The van der Waals surface area contributed by atoms with Gasteiger partial charge in [-0.1, -0.05) is 0 Å². The maximum absolute atomic E-state index is 12.2. The molecule has 1 amide bonds. The third-order valence-electron chi connectivity index (χ3n) is 5.70. The lowest BCUT2D eigenvalue weighted by molar-refractivity contribution is 0.0955. The van der Waals surface area contributed by atoms with Crippen LogP contribution in [0.3, 0.4) is 0 Å². The molecule has 1 aliphatic rings. The van der Waals surface area contributed by atoms with Crippen molar-refractivity contribution in [2.45, 2.75) is 25.7 Å². The van der Waals surface area contributed by atoms with Gasteiger partial charge in [0, 0.05) is 30.2 Å². The molecule has 0 radical (unpaired) electrons. The Morgan fingerprint density at radius 2 is 2.12 bits per heavy atom. The number of hydrogen-bond donors (Lipinski definition) is 3. The summed E-state index contributed by atoms with van der Waals surface area (Å²) >= 11 is 0. The van der Waals surface area contributed by atoms with Gasteiger partial charge in [-0.15, -0.1) is 5.10 Å². The fourth-order valence-electron chi connectivity index (χ4n) is 3.97. The minimum Gasteiger partial charge on any atom is -0.496 e. The minimum absolute atomic E-state index is 0.143. The van der Waals surface area contributed by atoms with E-state index in [1.807, 2.05) is 32.3 Å². The van der Waals surface area contributed by atoms with Crippen molar-refractivity contribution in [3.05, 3.63) is 47.7 Å². The Balaban J connectivity index is 1.48. The van der Waals surface area contributed by atoms with Crippen molar-refractivity contribution < 1.29 is 9.53 Å². The fourth-order valence-corrected chi connectivity index (χ4v) is 3.97. The Labute approximate surface area is 185 Å². The van der Waals surface area contributed by atoms with E-state index in [1.165, 1.54) is 18.4 Å². The van der Waals surface area contributed by atoms with Crippen LogP contribution in [-0.2, 0) is 7.05 Å². The second kappa shape index (κ2) is 7.99. The summed E-state index contributed by atoms with van der Waals surface area (Å²) in [6, 6.07) is 9.36. The topological polar surface area (TPSA) is 110 Å². The number of fused-ring (bicyclic) bond motifs is 1. The number of nitrogens with one attached hydrogen (secondary N) is 3. The molecule has 1 fully saturated rings. The lowest BCUT2D eigenvalue weighted by atomic mass is 10.0. The van der Waals surface area contributed by atoms with Crippen LogP contribution in [0.4, 0.5) is 11.6 Å². The van der Waals surface area contributed by atoms with Gasteiger partial charge in [0.15, 0.2) is 5.82 Å². The van der Waals surface area contributed by atoms with Crippen molar-refractivity contribution in [2.75, 3.05) is 19.0 Å².